The van der Waals surface area contributed by atoms with Crippen molar-refractivity contribution in [2.45, 2.75) is 37.3 Å². The number of carboxylic acid groups (broad SMARTS) is 1. The summed E-state index contributed by atoms with van der Waals surface area (Å²) in [6.45, 7) is -0.0406. The van der Waals surface area contributed by atoms with Gasteiger partial charge in [-0.15, -0.1) is 0 Å². The quantitative estimate of drug-likeness (QED) is 0.233. The van der Waals surface area contributed by atoms with E-state index in [1.165, 1.54) is 36.4 Å². The first-order chi connectivity index (χ1) is 18.6. The van der Waals surface area contributed by atoms with Crippen LogP contribution in [-0.2, 0) is 11.0 Å². The van der Waals surface area contributed by atoms with Crippen LogP contribution in [0, 0.1) is 0 Å². The molecule has 1 aliphatic rings. The zero-order valence-corrected chi connectivity index (χ0v) is 20.2. The number of aliphatic carboxylic acids is 1. The monoisotopic (exact) mass is 546 g/mol. The van der Waals surface area contributed by atoms with Gasteiger partial charge in [-0.05, 0) is 18.4 Å². The minimum atomic E-state index is -4.82. The number of nitrogens with zero attached hydrogens (tertiary/aromatic N) is 4. The van der Waals surface area contributed by atoms with Gasteiger partial charge in [0.15, 0.2) is 0 Å². The van der Waals surface area contributed by atoms with Crippen molar-refractivity contribution < 1.29 is 41.6 Å². The number of β-amino-alcohol motifs (C(OH)–C–C–N with tert-alkyl or cyclic N) is 1. The number of hydrogen-bond donors (Lipinski definition) is 2. The molecule has 0 saturated carbocycles. The van der Waals surface area contributed by atoms with Gasteiger partial charge in [0.2, 0.25) is 11.6 Å². The first-order valence-corrected chi connectivity index (χ1v) is 12.0. The van der Waals surface area contributed by atoms with Gasteiger partial charge in [-0.3, -0.25) is 4.90 Å². The van der Waals surface area contributed by atoms with Gasteiger partial charge >= 0.3 is 12.1 Å². The first-order valence-electron chi connectivity index (χ1n) is 12.0. The molecule has 13 heteroatoms. The molecule has 0 aliphatic carbocycles. The Labute approximate surface area is 218 Å². The van der Waals surface area contributed by atoms with Crippen molar-refractivity contribution in [3.63, 3.8) is 0 Å². The number of carboxylic acids is 1. The number of rotatable bonds is 7. The van der Waals surface area contributed by atoms with Crippen LogP contribution in [0.3, 0.4) is 0 Å². The molecule has 0 spiro atoms. The van der Waals surface area contributed by atoms with Crippen LogP contribution in [-0.4, -0.2) is 55.3 Å². The van der Waals surface area contributed by atoms with Gasteiger partial charge in [0.05, 0.1) is 6.10 Å². The number of carbonyl (C=O) groups is 1. The Bertz CT molecular complexity index is 1460. The molecule has 4 aromatic rings. The van der Waals surface area contributed by atoms with Gasteiger partial charge in [-0.2, -0.15) is 18.2 Å². The number of aromatic nitrogens is 3. The van der Waals surface area contributed by atoms with Gasteiger partial charge in [0.25, 0.3) is 11.7 Å². The van der Waals surface area contributed by atoms with Crippen molar-refractivity contribution in [1.29, 1.82) is 0 Å². The summed E-state index contributed by atoms with van der Waals surface area (Å²) in [5.74, 6) is -5.41. The fourth-order valence-corrected chi connectivity index (χ4v) is 4.57. The predicted molar refractivity (Wildman–Crippen MR) is 128 cm³/mol. The smallest absolute Gasteiger partial charge is 0.422 e. The van der Waals surface area contributed by atoms with Crippen LogP contribution >= 0.6 is 0 Å². The molecule has 1 aliphatic heterocycles. The molecule has 2 N–H and O–H groups in total. The van der Waals surface area contributed by atoms with Gasteiger partial charge in [-0.1, -0.05) is 64.9 Å². The summed E-state index contributed by atoms with van der Waals surface area (Å²) in [6.07, 6.45) is -5.13. The Morgan fingerprint density at radius 2 is 1.74 bits per heavy atom. The summed E-state index contributed by atoms with van der Waals surface area (Å²) in [6, 6.07) is 13.7. The maximum absolute atomic E-state index is 15.0. The van der Waals surface area contributed by atoms with Crippen molar-refractivity contribution in [2.24, 2.45) is 0 Å². The topological polar surface area (TPSA) is 126 Å². The summed E-state index contributed by atoms with van der Waals surface area (Å²) in [4.78, 5) is 16.6. The van der Waals surface area contributed by atoms with Crippen LogP contribution in [0.25, 0.3) is 34.3 Å². The molecule has 2 aromatic heterocycles. The van der Waals surface area contributed by atoms with E-state index in [-0.39, 0.29) is 30.9 Å². The fraction of sp³-hybridized carbons (Fsp3) is 0.308. The zero-order chi connectivity index (χ0) is 27.8. The average molecular weight is 546 g/mol. The maximum atomic E-state index is 15.0. The highest BCUT2D eigenvalue weighted by Crippen LogP contribution is 2.43. The second kappa shape index (κ2) is 10.2. The third-order valence-corrected chi connectivity index (χ3v) is 6.61. The molecule has 9 nitrogen and oxygen atoms in total. The van der Waals surface area contributed by atoms with E-state index < -0.39 is 47.0 Å². The molecule has 39 heavy (non-hydrogen) atoms. The number of piperidine rings is 1. The molecule has 0 bridgehead atoms. The standard InChI is InChI=1S/C26H22F4N4O5/c27-25(24(36)37)12-4-5-13-34(25)14-18(35)15-8-10-17(11-9-15)22-31-23(39-33-22)21-19(26(28,29)30)20(32-38-21)16-6-2-1-3-7-16/h1-3,6-11,18,35H,4-5,12-14H2,(H,36,37). The Kier molecular flexibility index (Phi) is 6.95. The molecule has 2 aromatic carbocycles. The molecule has 204 valence electrons. The third kappa shape index (κ3) is 5.14. The molecule has 0 amide bonds. The number of halogens is 4. The van der Waals surface area contributed by atoms with E-state index in [1.54, 1.807) is 18.2 Å². The Balaban J connectivity index is 1.37. The van der Waals surface area contributed by atoms with Crippen LogP contribution in [0.2, 0.25) is 0 Å². The van der Waals surface area contributed by atoms with Gasteiger partial charge in [-0.25, -0.2) is 9.18 Å². The lowest BCUT2D eigenvalue weighted by Gasteiger charge is -2.38. The lowest BCUT2D eigenvalue weighted by atomic mass is 9.98. The van der Waals surface area contributed by atoms with Crippen LogP contribution in [0.4, 0.5) is 17.6 Å². The molecule has 1 saturated heterocycles. The van der Waals surface area contributed by atoms with Gasteiger partial charge in [0.1, 0.15) is 11.3 Å². The molecular formula is C26H22F4N4O5. The van der Waals surface area contributed by atoms with Crippen LogP contribution in [0.15, 0.2) is 63.6 Å². The van der Waals surface area contributed by atoms with Crippen molar-refractivity contribution in [3.8, 4) is 34.3 Å². The number of aliphatic hydroxyl groups is 1. The third-order valence-electron chi connectivity index (χ3n) is 6.61. The van der Waals surface area contributed by atoms with E-state index >= 15 is 0 Å². The second-order valence-corrected chi connectivity index (χ2v) is 9.13. The second-order valence-electron chi connectivity index (χ2n) is 9.13. The predicted octanol–water partition coefficient (Wildman–Crippen LogP) is 5.35. The molecular weight excluding hydrogens is 524 g/mol. The molecule has 5 rings (SSSR count). The minimum Gasteiger partial charge on any atom is -0.478 e. The van der Waals surface area contributed by atoms with E-state index in [1.807, 2.05) is 0 Å². The normalized spacial score (nSPS) is 19.2. The van der Waals surface area contributed by atoms with Crippen molar-refractivity contribution in [3.05, 3.63) is 65.7 Å². The van der Waals surface area contributed by atoms with E-state index in [4.69, 9.17) is 9.05 Å². The van der Waals surface area contributed by atoms with Crippen LogP contribution in [0.5, 0.6) is 0 Å². The summed E-state index contributed by atoms with van der Waals surface area (Å²) in [7, 11) is 0. The SMILES string of the molecule is O=C(O)C1(F)CCCCN1CC(O)c1ccc(-c2noc(-c3onc(-c4ccccc4)c3C(F)(F)F)n2)cc1. The van der Waals surface area contributed by atoms with E-state index in [0.717, 1.165) is 4.90 Å². The summed E-state index contributed by atoms with van der Waals surface area (Å²) < 4.78 is 66.9. The number of benzene rings is 2. The Morgan fingerprint density at radius 1 is 1.03 bits per heavy atom. The molecule has 0 radical (unpaired) electrons. The highest BCUT2D eigenvalue weighted by atomic mass is 19.4. The van der Waals surface area contributed by atoms with E-state index in [9.17, 15) is 32.6 Å². The Hall–Kier alpha value is -4.10. The fourth-order valence-electron chi connectivity index (χ4n) is 4.57. The van der Waals surface area contributed by atoms with E-state index in [2.05, 4.69) is 15.3 Å². The minimum absolute atomic E-state index is 0.0403. The summed E-state index contributed by atoms with van der Waals surface area (Å²) in [5, 5.41) is 27.3. The van der Waals surface area contributed by atoms with E-state index in [0.29, 0.717) is 24.0 Å². The lowest BCUT2D eigenvalue weighted by molar-refractivity contribution is -0.173. The largest absolute Gasteiger partial charge is 0.478 e. The lowest BCUT2D eigenvalue weighted by Crippen LogP contribution is -2.55. The van der Waals surface area contributed by atoms with Crippen molar-refractivity contribution in [1.82, 2.24) is 20.2 Å². The number of alkyl halides is 4. The molecule has 2 atom stereocenters. The highest BCUT2D eigenvalue weighted by Gasteiger charge is 2.47. The number of likely N-dealkylation sites (tertiary alicyclic amines) is 1. The average Bonchev–Trinajstić information content (AvgIpc) is 3.58. The maximum Gasteiger partial charge on any atom is 0.422 e. The van der Waals surface area contributed by atoms with Crippen LogP contribution in [0.1, 0.15) is 36.5 Å². The first kappa shape index (κ1) is 26.5. The van der Waals surface area contributed by atoms with Crippen molar-refractivity contribution >= 4 is 5.97 Å². The van der Waals surface area contributed by atoms with Gasteiger partial charge in [0, 0.05) is 30.6 Å². The number of hydrogen-bond acceptors (Lipinski definition) is 8. The molecule has 1 fully saturated rings. The molecule has 2 unspecified atom stereocenters. The van der Waals surface area contributed by atoms with Crippen LogP contribution < -0.4 is 0 Å². The zero-order valence-electron chi connectivity index (χ0n) is 20.2. The number of aliphatic hydroxyl groups excluding tert-OH is 1. The Morgan fingerprint density at radius 3 is 2.41 bits per heavy atom. The summed E-state index contributed by atoms with van der Waals surface area (Å²) >= 11 is 0. The van der Waals surface area contributed by atoms with Gasteiger partial charge < -0.3 is 19.3 Å². The molecule has 3 heterocycles. The van der Waals surface area contributed by atoms with Crippen molar-refractivity contribution in [2.75, 3.05) is 13.1 Å². The highest BCUT2D eigenvalue weighted by molar-refractivity contribution is 5.77. The summed E-state index contributed by atoms with van der Waals surface area (Å²) in [5.41, 5.74) is -0.620.